The summed E-state index contributed by atoms with van der Waals surface area (Å²) in [5.74, 6) is 2.85. The van der Waals surface area contributed by atoms with E-state index in [0.29, 0.717) is 34.4 Å². The second kappa shape index (κ2) is 14.4. The Morgan fingerprint density at radius 3 is 1.93 bits per heavy atom. The first-order chi connectivity index (χ1) is 26.3. The summed E-state index contributed by atoms with van der Waals surface area (Å²) in [5, 5.41) is 8.95. The Hall–Kier alpha value is -6.59. The van der Waals surface area contributed by atoms with Crippen molar-refractivity contribution >= 4 is 24.0 Å². The van der Waals surface area contributed by atoms with Gasteiger partial charge in [-0.05, 0) is 83.6 Å². The Morgan fingerprint density at radius 2 is 1.28 bits per heavy atom. The molecule has 3 aliphatic rings. The molecule has 54 heavy (non-hydrogen) atoms. The molecule has 0 amide bonds. The highest BCUT2D eigenvalue weighted by molar-refractivity contribution is 6.13. The molecule has 0 atom stereocenters. The van der Waals surface area contributed by atoms with E-state index in [-0.39, 0.29) is 11.3 Å². The zero-order valence-corrected chi connectivity index (χ0v) is 30.8. The third-order valence-corrected chi connectivity index (χ3v) is 10.4. The average molecular weight is 704 g/mol. The van der Waals surface area contributed by atoms with Crippen molar-refractivity contribution < 1.29 is 9.47 Å². The second-order valence-electron chi connectivity index (χ2n) is 14.2. The molecule has 6 aromatic rings. The van der Waals surface area contributed by atoms with Crippen molar-refractivity contribution in [1.29, 1.82) is 5.41 Å². The van der Waals surface area contributed by atoms with Crippen LogP contribution < -0.4 is 9.47 Å². The van der Waals surface area contributed by atoms with Crippen LogP contribution in [0.3, 0.4) is 0 Å². The van der Waals surface area contributed by atoms with E-state index in [0.717, 1.165) is 35.1 Å². The minimum absolute atomic E-state index is 0.0249. The summed E-state index contributed by atoms with van der Waals surface area (Å²) in [6, 6.07) is 46.9. The number of hydrogen-bond acceptors (Lipinski definition) is 3. The predicted molar refractivity (Wildman–Crippen MR) is 223 cm³/mol. The average Bonchev–Trinajstić information content (AvgIpc) is 3.46. The predicted octanol–water partition coefficient (Wildman–Crippen LogP) is 12.8. The van der Waals surface area contributed by atoms with Gasteiger partial charge in [0, 0.05) is 16.5 Å². The first-order valence-corrected chi connectivity index (χ1v) is 18.3. The molecule has 0 radical (unpaired) electrons. The Bertz CT molecular complexity index is 2470. The Labute approximate surface area is 317 Å². The third-order valence-electron chi connectivity index (χ3n) is 10.4. The van der Waals surface area contributed by atoms with E-state index >= 15 is 0 Å². The number of fused-ring (bicyclic) bond motifs is 5. The van der Waals surface area contributed by atoms with Gasteiger partial charge >= 0.3 is 0 Å². The molecule has 0 spiro atoms. The normalized spacial score (nSPS) is 14.6. The van der Waals surface area contributed by atoms with Crippen molar-refractivity contribution in [3.63, 3.8) is 0 Å². The topological polar surface area (TPSA) is 67.0 Å². The van der Waals surface area contributed by atoms with Gasteiger partial charge in [0.15, 0.2) is 34.7 Å². The number of nitrogens with zero attached hydrogens (tertiary/aromatic N) is 2. The van der Waals surface area contributed by atoms with Crippen molar-refractivity contribution in [2.75, 3.05) is 0 Å². The van der Waals surface area contributed by atoms with Crippen molar-refractivity contribution in [2.45, 2.75) is 39.0 Å². The number of benzene rings is 6. The fraction of sp³-hybridized carbons (Fsp3) is 0.122. The molecule has 5 nitrogen and oxygen atoms in total. The van der Waals surface area contributed by atoms with E-state index in [4.69, 9.17) is 14.9 Å². The van der Waals surface area contributed by atoms with Gasteiger partial charge in [-0.15, -0.1) is 0 Å². The molecule has 5 heteroatoms. The number of rotatable bonds is 4. The van der Waals surface area contributed by atoms with E-state index in [2.05, 4.69) is 116 Å². The molecule has 0 bridgehead atoms. The molecule has 0 fully saturated rings. The van der Waals surface area contributed by atoms with Gasteiger partial charge in [0.25, 0.3) is 0 Å². The van der Waals surface area contributed by atoms with Crippen molar-refractivity contribution in [2.24, 2.45) is 9.98 Å². The quantitative estimate of drug-likeness (QED) is 0.146. The van der Waals surface area contributed by atoms with Crippen molar-refractivity contribution in [3.8, 4) is 45.3 Å². The second-order valence-corrected chi connectivity index (χ2v) is 14.2. The van der Waals surface area contributed by atoms with Crippen LogP contribution >= 0.6 is 0 Å². The largest absolute Gasteiger partial charge is 0.449 e. The number of nitrogens with one attached hydrogen (secondary N) is 1. The van der Waals surface area contributed by atoms with Gasteiger partial charge in [0.1, 0.15) is 0 Å². The third kappa shape index (κ3) is 6.50. The van der Waals surface area contributed by atoms with Gasteiger partial charge in [-0.2, -0.15) is 0 Å². The van der Waals surface area contributed by atoms with Gasteiger partial charge < -0.3 is 9.47 Å². The molecular formula is C49H41N3O2. The SMILES string of the molecule is C=NC(=NC(=N)c1cccc2c1Oc1c(ccc3c1C1=C(C=CCC1)C3(C)C)O2)c1ccc(-c2ccccc2)cc1.Cc1ccc(-c2ccccc2)cc1. The maximum atomic E-state index is 8.95. The summed E-state index contributed by atoms with van der Waals surface area (Å²) < 4.78 is 13.0. The lowest BCUT2D eigenvalue weighted by Crippen LogP contribution is -2.17. The van der Waals surface area contributed by atoms with Gasteiger partial charge in [-0.3, -0.25) is 5.41 Å². The van der Waals surface area contributed by atoms with Crippen LogP contribution in [0.4, 0.5) is 0 Å². The number of hydrogen-bond donors (Lipinski definition) is 1. The number of amidine groups is 2. The highest BCUT2D eigenvalue weighted by Crippen LogP contribution is 2.58. The van der Waals surface area contributed by atoms with Crippen LogP contribution in [0.15, 0.2) is 167 Å². The maximum absolute atomic E-state index is 8.95. The van der Waals surface area contributed by atoms with E-state index in [9.17, 15) is 0 Å². The fourth-order valence-corrected chi connectivity index (χ4v) is 7.50. The molecule has 1 N–H and O–H groups in total. The van der Waals surface area contributed by atoms with E-state index in [1.807, 2.05) is 72.8 Å². The summed E-state index contributed by atoms with van der Waals surface area (Å²) in [6.07, 6.45) is 6.48. The Balaban J connectivity index is 0.000000268. The first kappa shape index (κ1) is 34.5. The van der Waals surface area contributed by atoms with Crippen LogP contribution in [-0.4, -0.2) is 18.4 Å². The van der Waals surface area contributed by atoms with Crippen LogP contribution in [0.2, 0.25) is 0 Å². The number of aryl methyl sites for hydroxylation is 1. The molecule has 2 aliphatic carbocycles. The molecule has 0 saturated heterocycles. The molecule has 264 valence electrons. The minimum atomic E-state index is -0.114. The summed E-state index contributed by atoms with van der Waals surface area (Å²) in [7, 11) is 0. The molecule has 6 aromatic carbocycles. The smallest absolute Gasteiger partial charge is 0.181 e. The monoisotopic (exact) mass is 703 g/mol. The summed E-state index contributed by atoms with van der Waals surface area (Å²) >= 11 is 0. The lowest BCUT2D eigenvalue weighted by molar-refractivity contribution is 0.357. The summed E-state index contributed by atoms with van der Waals surface area (Å²) in [4.78, 5) is 8.74. The molecule has 0 saturated carbocycles. The number of aliphatic imine (C=N–C) groups is 2. The number of allylic oxidation sites excluding steroid dienone is 4. The number of para-hydroxylation sites is 1. The molecule has 0 unspecified atom stereocenters. The fourth-order valence-electron chi connectivity index (χ4n) is 7.50. The Kier molecular flexibility index (Phi) is 9.22. The standard InChI is InChI=1S/C36H29N3O2.C13H12/c1-36(2)27-14-8-7-12-25(27)31-28(36)20-21-30-33(31)41-32-26(13-9-15-29(32)40-30)34(37)39-35(38-3)24-18-16-23(17-19-24)22-10-5-4-6-11-22;1-11-7-9-13(10-8-11)12-5-3-2-4-6-12/h4-6,8-11,13-21,37H,3,7,12H2,1-2H3;2-10H,1H3. The van der Waals surface area contributed by atoms with Crippen molar-refractivity contribution in [1.82, 2.24) is 0 Å². The minimum Gasteiger partial charge on any atom is -0.449 e. The van der Waals surface area contributed by atoms with E-state index in [1.54, 1.807) is 0 Å². The number of ether oxygens (including phenoxy) is 2. The summed E-state index contributed by atoms with van der Waals surface area (Å²) in [5.41, 5.74) is 12.3. The maximum Gasteiger partial charge on any atom is 0.181 e. The lowest BCUT2D eigenvalue weighted by Gasteiger charge is -2.27. The van der Waals surface area contributed by atoms with Crippen LogP contribution in [-0.2, 0) is 5.41 Å². The van der Waals surface area contributed by atoms with Crippen LogP contribution in [0, 0.1) is 12.3 Å². The molecule has 1 aliphatic heterocycles. The molecular weight excluding hydrogens is 663 g/mol. The Morgan fingerprint density at radius 1 is 0.667 bits per heavy atom. The van der Waals surface area contributed by atoms with E-state index in [1.165, 1.54) is 33.4 Å². The molecule has 9 rings (SSSR count). The highest BCUT2D eigenvalue weighted by atomic mass is 16.6. The van der Waals surface area contributed by atoms with Gasteiger partial charge in [0.05, 0.1) is 5.56 Å². The van der Waals surface area contributed by atoms with Gasteiger partial charge in [0.2, 0.25) is 0 Å². The molecule has 1 heterocycles. The van der Waals surface area contributed by atoms with Crippen LogP contribution in [0.1, 0.15) is 54.5 Å². The van der Waals surface area contributed by atoms with Gasteiger partial charge in [-0.1, -0.05) is 153 Å². The first-order valence-electron chi connectivity index (χ1n) is 18.3. The summed E-state index contributed by atoms with van der Waals surface area (Å²) in [6.45, 7) is 10.4. The van der Waals surface area contributed by atoms with Crippen molar-refractivity contribution in [3.05, 3.63) is 185 Å². The zero-order chi connectivity index (χ0) is 37.2. The van der Waals surface area contributed by atoms with Crippen LogP contribution in [0.25, 0.3) is 27.8 Å². The van der Waals surface area contributed by atoms with Crippen LogP contribution in [0.5, 0.6) is 23.0 Å². The zero-order valence-electron chi connectivity index (χ0n) is 30.8. The highest BCUT2D eigenvalue weighted by Gasteiger charge is 2.41. The van der Waals surface area contributed by atoms with Gasteiger partial charge in [-0.25, -0.2) is 9.98 Å². The lowest BCUT2D eigenvalue weighted by atomic mass is 9.80. The van der Waals surface area contributed by atoms with E-state index < -0.39 is 0 Å². The molecule has 0 aromatic heterocycles.